The van der Waals surface area contributed by atoms with Crippen molar-refractivity contribution in [1.82, 2.24) is 0 Å². The molecule has 0 saturated carbocycles. The first-order chi connectivity index (χ1) is 8.95. The van der Waals surface area contributed by atoms with Gasteiger partial charge in [0, 0.05) is 5.56 Å². The molecule has 0 saturated heterocycles. The molecule has 104 valence electrons. The summed E-state index contributed by atoms with van der Waals surface area (Å²) < 4.78 is 10.6. The zero-order valence-corrected chi connectivity index (χ0v) is 12.1. The van der Waals surface area contributed by atoms with Gasteiger partial charge in [-0.2, -0.15) is 0 Å². The Morgan fingerprint density at radius 2 is 1.79 bits per heavy atom. The van der Waals surface area contributed by atoms with Gasteiger partial charge in [-0.05, 0) is 37.1 Å². The highest BCUT2D eigenvalue weighted by Gasteiger charge is 2.18. The van der Waals surface area contributed by atoms with E-state index in [1.54, 1.807) is 12.1 Å². The van der Waals surface area contributed by atoms with Gasteiger partial charge in [-0.3, -0.25) is 4.79 Å². The van der Waals surface area contributed by atoms with Crippen molar-refractivity contribution in [2.45, 2.75) is 27.7 Å². The van der Waals surface area contributed by atoms with Gasteiger partial charge < -0.3 is 9.47 Å². The molecule has 0 amide bonds. The Kier molecular flexibility index (Phi) is 5.61. The summed E-state index contributed by atoms with van der Waals surface area (Å²) in [5.74, 6) is 1.12. The molecule has 0 N–H and O–H groups in total. The molecule has 0 heterocycles. The average Bonchev–Trinajstić information content (AvgIpc) is 2.38. The highest BCUT2D eigenvalue weighted by atomic mass is 16.5. The van der Waals surface area contributed by atoms with Crippen molar-refractivity contribution in [2.24, 2.45) is 11.8 Å². The first-order valence-electron chi connectivity index (χ1n) is 6.59. The average molecular weight is 262 g/mol. The Hall–Kier alpha value is -1.77. The molecule has 1 aromatic carbocycles. The van der Waals surface area contributed by atoms with E-state index in [0.29, 0.717) is 18.1 Å². The fourth-order valence-electron chi connectivity index (χ4n) is 1.45. The maximum Gasteiger partial charge on any atom is 0.314 e. The van der Waals surface area contributed by atoms with Crippen LogP contribution in [0.5, 0.6) is 5.75 Å². The summed E-state index contributed by atoms with van der Waals surface area (Å²) in [4.78, 5) is 11.8. The second kappa shape index (κ2) is 6.98. The number of carbonyl (C=O) groups is 1. The van der Waals surface area contributed by atoms with Gasteiger partial charge >= 0.3 is 5.97 Å². The molecule has 0 aliphatic rings. The number of ether oxygens (including phenoxy) is 2. The van der Waals surface area contributed by atoms with Gasteiger partial charge in [0.15, 0.2) is 0 Å². The Morgan fingerprint density at radius 3 is 2.26 bits per heavy atom. The molecule has 19 heavy (non-hydrogen) atoms. The molecule has 0 radical (unpaired) electrons. The minimum absolute atomic E-state index is 0.113. The van der Waals surface area contributed by atoms with E-state index in [0.717, 1.165) is 5.56 Å². The lowest BCUT2D eigenvalue weighted by atomic mass is 9.99. The molecule has 0 spiro atoms. The highest BCUT2D eigenvalue weighted by Crippen LogP contribution is 2.20. The zero-order valence-electron chi connectivity index (χ0n) is 12.1. The molecule has 0 aliphatic carbocycles. The van der Waals surface area contributed by atoms with Gasteiger partial charge in [-0.25, -0.2) is 0 Å². The summed E-state index contributed by atoms with van der Waals surface area (Å²) in [6.07, 6.45) is 0. The van der Waals surface area contributed by atoms with Crippen molar-refractivity contribution >= 4 is 11.7 Å². The Bertz CT molecular complexity index is 432. The van der Waals surface area contributed by atoms with Crippen LogP contribution >= 0.6 is 0 Å². The van der Waals surface area contributed by atoms with Crippen LogP contribution in [-0.4, -0.2) is 12.6 Å². The first kappa shape index (κ1) is 15.3. The molecule has 0 fully saturated rings. The van der Waals surface area contributed by atoms with Crippen LogP contribution in [0.3, 0.4) is 0 Å². The van der Waals surface area contributed by atoms with Crippen molar-refractivity contribution in [3.63, 3.8) is 0 Å². The topological polar surface area (TPSA) is 35.5 Å². The minimum atomic E-state index is -0.202. The van der Waals surface area contributed by atoms with Gasteiger partial charge in [-0.1, -0.05) is 27.4 Å². The standard InChI is InChI=1S/C16H22O3/c1-6-18-13(5)14-7-9-15(10-8-14)19-16(17)12(4)11(2)3/h7-12H,5-6H2,1-4H3. The molecule has 0 aromatic heterocycles. The summed E-state index contributed by atoms with van der Waals surface area (Å²) in [6.45, 7) is 12.2. The van der Waals surface area contributed by atoms with Crippen LogP contribution in [0.15, 0.2) is 30.8 Å². The number of esters is 1. The lowest BCUT2D eigenvalue weighted by Gasteiger charge is -2.14. The quantitative estimate of drug-likeness (QED) is 0.443. The van der Waals surface area contributed by atoms with E-state index in [2.05, 4.69) is 6.58 Å². The van der Waals surface area contributed by atoms with Gasteiger partial charge in [0.25, 0.3) is 0 Å². The van der Waals surface area contributed by atoms with Crippen molar-refractivity contribution in [2.75, 3.05) is 6.61 Å². The van der Waals surface area contributed by atoms with E-state index in [4.69, 9.17) is 9.47 Å². The molecule has 3 nitrogen and oxygen atoms in total. The van der Waals surface area contributed by atoms with E-state index in [1.165, 1.54) is 0 Å². The monoisotopic (exact) mass is 262 g/mol. The van der Waals surface area contributed by atoms with Crippen LogP contribution in [0.4, 0.5) is 0 Å². The third-order valence-corrected chi connectivity index (χ3v) is 3.09. The largest absolute Gasteiger partial charge is 0.494 e. The minimum Gasteiger partial charge on any atom is -0.494 e. The van der Waals surface area contributed by atoms with Gasteiger partial charge in [0.05, 0.1) is 12.5 Å². The van der Waals surface area contributed by atoms with Gasteiger partial charge in [0.2, 0.25) is 0 Å². The van der Waals surface area contributed by atoms with E-state index in [-0.39, 0.29) is 17.8 Å². The van der Waals surface area contributed by atoms with Crippen molar-refractivity contribution in [1.29, 1.82) is 0 Å². The van der Waals surface area contributed by atoms with E-state index in [9.17, 15) is 4.79 Å². The van der Waals surface area contributed by atoms with Crippen LogP contribution in [0.2, 0.25) is 0 Å². The predicted octanol–water partition coefficient (Wildman–Crippen LogP) is 3.89. The zero-order chi connectivity index (χ0) is 14.4. The third-order valence-electron chi connectivity index (χ3n) is 3.09. The summed E-state index contributed by atoms with van der Waals surface area (Å²) in [5.41, 5.74) is 0.888. The molecule has 1 rings (SSSR count). The number of rotatable bonds is 6. The lowest BCUT2D eigenvalue weighted by Crippen LogP contribution is -2.22. The summed E-state index contributed by atoms with van der Waals surface area (Å²) >= 11 is 0. The number of benzene rings is 1. The smallest absolute Gasteiger partial charge is 0.314 e. The molecular weight excluding hydrogens is 240 g/mol. The predicted molar refractivity (Wildman–Crippen MR) is 76.7 cm³/mol. The Balaban J connectivity index is 2.67. The van der Waals surface area contributed by atoms with Crippen molar-refractivity contribution in [3.05, 3.63) is 36.4 Å². The first-order valence-corrected chi connectivity index (χ1v) is 6.59. The Labute approximate surface area is 115 Å². The summed E-state index contributed by atoms with van der Waals surface area (Å²) in [5, 5.41) is 0. The normalized spacial score (nSPS) is 12.1. The van der Waals surface area contributed by atoms with Crippen LogP contribution in [-0.2, 0) is 9.53 Å². The fraction of sp³-hybridized carbons (Fsp3) is 0.438. The summed E-state index contributed by atoms with van der Waals surface area (Å²) in [7, 11) is 0. The fourth-order valence-corrected chi connectivity index (χ4v) is 1.45. The molecule has 0 aliphatic heterocycles. The molecule has 1 unspecified atom stereocenters. The van der Waals surface area contributed by atoms with Crippen LogP contribution in [0, 0.1) is 11.8 Å². The van der Waals surface area contributed by atoms with Crippen LogP contribution in [0.1, 0.15) is 33.3 Å². The van der Waals surface area contributed by atoms with E-state index >= 15 is 0 Å². The maximum absolute atomic E-state index is 11.8. The van der Waals surface area contributed by atoms with E-state index < -0.39 is 0 Å². The SMILES string of the molecule is C=C(OCC)c1ccc(OC(=O)C(C)C(C)C)cc1. The summed E-state index contributed by atoms with van der Waals surface area (Å²) in [6, 6.07) is 7.18. The van der Waals surface area contributed by atoms with Gasteiger partial charge in [0.1, 0.15) is 11.5 Å². The molecule has 1 aromatic rings. The molecule has 1 atom stereocenters. The molecule has 3 heteroatoms. The number of hydrogen-bond acceptors (Lipinski definition) is 3. The lowest BCUT2D eigenvalue weighted by molar-refractivity contribution is -0.139. The highest BCUT2D eigenvalue weighted by molar-refractivity contribution is 5.75. The number of carbonyl (C=O) groups excluding carboxylic acids is 1. The van der Waals surface area contributed by atoms with E-state index in [1.807, 2.05) is 39.8 Å². The van der Waals surface area contributed by atoms with Crippen LogP contribution < -0.4 is 4.74 Å². The second-order valence-corrected chi connectivity index (χ2v) is 4.83. The van der Waals surface area contributed by atoms with Crippen molar-refractivity contribution < 1.29 is 14.3 Å². The Morgan fingerprint density at radius 1 is 1.21 bits per heavy atom. The third kappa shape index (κ3) is 4.43. The second-order valence-electron chi connectivity index (χ2n) is 4.83. The molecule has 0 bridgehead atoms. The maximum atomic E-state index is 11.8. The van der Waals surface area contributed by atoms with Gasteiger partial charge in [-0.15, -0.1) is 0 Å². The van der Waals surface area contributed by atoms with Crippen LogP contribution in [0.25, 0.3) is 5.76 Å². The number of hydrogen-bond donors (Lipinski definition) is 0. The molecular formula is C16H22O3. The van der Waals surface area contributed by atoms with Crippen molar-refractivity contribution in [3.8, 4) is 5.75 Å².